The number of carbonyl (C=O) groups is 5. The van der Waals surface area contributed by atoms with Gasteiger partial charge >= 0.3 is 0 Å². The van der Waals surface area contributed by atoms with E-state index in [0.717, 1.165) is 58.0 Å². The van der Waals surface area contributed by atoms with Gasteiger partial charge < -0.3 is 27.0 Å². The summed E-state index contributed by atoms with van der Waals surface area (Å²) in [6, 6.07) is 0. The van der Waals surface area contributed by atoms with Gasteiger partial charge in [0.2, 0.25) is 29.5 Å². The lowest BCUT2D eigenvalue weighted by Crippen LogP contribution is -2.39. The van der Waals surface area contributed by atoms with Crippen LogP contribution in [0.2, 0.25) is 0 Å². The number of imide groups is 1. The third kappa shape index (κ3) is 10.4. The van der Waals surface area contributed by atoms with Crippen LogP contribution in [-0.2, 0) is 24.0 Å². The number of carbonyl (C=O) groups excluding carboxylic acids is 5. The molecule has 2 rings (SSSR count). The van der Waals surface area contributed by atoms with E-state index in [1.165, 1.54) is 16.7 Å². The van der Waals surface area contributed by atoms with E-state index >= 15 is 0 Å². The van der Waals surface area contributed by atoms with Gasteiger partial charge in [-0.1, -0.05) is 0 Å². The first-order valence-corrected chi connectivity index (χ1v) is 14.0. The lowest BCUT2D eigenvalue weighted by Gasteiger charge is -2.30. The first-order chi connectivity index (χ1) is 17.3. The topological polar surface area (TPSA) is 163 Å². The molecule has 36 heavy (non-hydrogen) atoms. The van der Waals surface area contributed by atoms with Crippen LogP contribution in [0, 0.1) is 11.8 Å². The number of hydrogen-bond acceptors (Lipinski definition) is 8. The first-order valence-electron chi connectivity index (χ1n) is 13.0. The molecular weight excluding hydrogens is 484 g/mol. The van der Waals surface area contributed by atoms with Crippen LogP contribution in [-0.4, -0.2) is 91.8 Å². The molecule has 0 radical (unpaired) electrons. The van der Waals surface area contributed by atoms with Crippen molar-refractivity contribution >= 4 is 41.3 Å². The summed E-state index contributed by atoms with van der Waals surface area (Å²) in [4.78, 5) is 61.3. The van der Waals surface area contributed by atoms with Crippen molar-refractivity contribution in [2.24, 2.45) is 17.6 Å². The summed E-state index contributed by atoms with van der Waals surface area (Å²) in [5.41, 5.74) is 5.23. The van der Waals surface area contributed by atoms with Crippen LogP contribution in [0.15, 0.2) is 0 Å². The summed E-state index contributed by atoms with van der Waals surface area (Å²) in [6.45, 7) is 3.39. The molecule has 1 aliphatic carbocycles. The van der Waals surface area contributed by atoms with Crippen LogP contribution < -0.4 is 27.0 Å². The van der Waals surface area contributed by atoms with Crippen LogP contribution >= 0.6 is 11.8 Å². The summed E-state index contributed by atoms with van der Waals surface area (Å²) in [6.07, 6.45) is 6.03. The monoisotopic (exact) mass is 526 g/mol. The predicted octanol–water partition coefficient (Wildman–Crippen LogP) is -0.649. The summed E-state index contributed by atoms with van der Waals surface area (Å²) >= 11 is 1.22. The average Bonchev–Trinajstić information content (AvgIpc) is 3.15. The van der Waals surface area contributed by atoms with Crippen molar-refractivity contribution in [1.29, 1.82) is 0 Å². The molecule has 1 saturated carbocycles. The molecule has 0 bridgehead atoms. The highest BCUT2D eigenvalue weighted by Gasteiger charge is 2.40. The summed E-state index contributed by atoms with van der Waals surface area (Å²) in [5.74, 6) is -0.192. The van der Waals surface area contributed by atoms with E-state index in [1.807, 2.05) is 0 Å². The summed E-state index contributed by atoms with van der Waals surface area (Å²) in [5, 5.41) is 11.1. The molecule has 5 amide bonds. The van der Waals surface area contributed by atoms with Crippen molar-refractivity contribution in [2.75, 3.05) is 52.1 Å². The Morgan fingerprint density at radius 1 is 0.944 bits per heavy atom. The van der Waals surface area contributed by atoms with E-state index < -0.39 is 5.25 Å². The Morgan fingerprint density at radius 3 is 2.31 bits per heavy atom. The van der Waals surface area contributed by atoms with Gasteiger partial charge in [0.05, 0.1) is 17.5 Å². The Bertz CT molecular complexity index is 759. The number of thioether (sulfide) groups is 1. The molecule has 1 heterocycles. The average molecular weight is 527 g/mol. The predicted molar refractivity (Wildman–Crippen MR) is 139 cm³/mol. The quantitative estimate of drug-likeness (QED) is 0.131. The molecule has 11 nitrogen and oxygen atoms in total. The van der Waals surface area contributed by atoms with Crippen molar-refractivity contribution in [2.45, 2.75) is 56.6 Å². The summed E-state index contributed by atoms with van der Waals surface area (Å²) in [7, 11) is 1.55. The molecule has 0 aromatic rings. The molecule has 2 aliphatic rings. The van der Waals surface area contributed by atoms with E-state index in [0.29, 0.717) is 19.6 Å². The van der Waals surface area contributed by atoms with Crippen molar-refractivity contribution in [1.82, 2.24) is 26.2 Å². The largest absolute Gasteiger partial charge is 0.358 e. The molecular formula is C24H42N6O5S. The fourth-order valence-electron chi connectivity index (χ4n) is 4.46. The summed E-state index contributed by atoms with van der Waals surface area (Å²) < 4.78 is 0. The maximum atomic E-state index is 12.6. The lowest BCUT2D eigenvalue weighted by molar-refractivity contribution is -0.139. The molecule has 1 atom stereocenters. The van der Waals surface area contributed by atoms with Gasteiger partial charge in [0.1, 0.15) is 0 Å². The normalized spacial score (nSPS) is 21.9. The van der Waals surface area contributed by atoms with Crippen LogP contribution in [0.4, 0.5) is 0 Å². The molecule has 2 fully saturated rings. The number of unbranched alkanes of at least 4 members (excludes halogenated alkanes) is 1. The Morgan fingerprint density at radius 2 is 1.61 bits per heavy atom. The molecule has 12 heteroatoms. The zero-order chi connectivity index (χ0) is 26.3. The van der Waals surface area contributed by atoms with E-state index in [4.69, 9.17) is 5.73 Å². The van der Waals surface area contributed by atoms with E-state index in [9.17, 15) is 24.0 Å². The molecule has 1 aliphatic heterocycles. The lowest BCUT2D eigenvalue weighted by atomic mass is 9.81. The standard InChI is InChI=1S/C24H42N6O5S/c1-26-21(32)16-36-19-13-22(33)30(24(19)35)15-17-5-7-18(8-6-17)23(34)29-12-4-10-27-9-2-3-11-28-20(31)14-25/h17-19,27H,2-16,25H2,1H3,(H,26,32)(H,28,31)(H,29,34). The molecule has 1 unspecified atom stereocenters. The fourth-order valence-corrected chi connectivity index (χ4v) is 5.49. The van der Waals surface area contributed by atoms with Gasteiger partial charge in [0.25, 0.3) is 0 Å². The van der Waals surface area contributed by atoms with E-state index in [-0.39, 0.29) is 60.1 Å². The minimum atomic E-state index is -0.476. The molecule has 0 aromatic carbocycles. The van der Waals surface area contributed by atoms with Gasteiger partial charge in [-0.15, -0.1) is 11.8 Å². The van der Waals surface area contributed by atoms with Crippen LogP contribution in [0.3, 0.4) is 0 Å². The smallest absolute Gasteiger partial charge is 0.242 e. The van der Waals surface area contributed by atoms with Gasteiger partial charge in [-0.05, 0) is 64.0 Å². The Hall–Kier alpha value is -2.18. The second kappa shape index (κ2) is 16.5. The van der Waals surface area contributed by atoms with Crippen LogP contribution in [0.1, 0.15) is 51.4 Å². The van der Waals surface area contributed by atoms with Gasteiger partial charge in [0, 0.05) is 39.0 Å². The van der Waals surface area contributed by atoms with Crippen molar-refractivity contribution < 1.29 is 24.0 Å². The number of nitrogens with one attached hydrogen (secondary N) is 4. The zero-order valence-electron chi connectivity index (χ0n) is 21.3. The second-order valence-corrected chi connectivity index (χ2v) is 10.6. The maximum Gasteiger partial charge on any atom is 0.242 e. The number of likely N-dealkylation sites (tertiary alicyclic amines) is 1. The SMILES string of the molecule is CNC(=O)CSC1CC(=O)N(CC2CCC(C(=O)NCCCNCCCCNC(=O)CN)CC2)C1=O. The van der Waals surface area contributed by atoms with Gasteiger partial charge in [-0.25, -0.2) is 0 Å². The molecule has 1 saturated heterocycles. The molecule has 6 N–H and O–H groups in total. The number of amides is 5. The number of nitrogens with zero attached hydrogens (tertiary/aromatic N) is 1. The van der Waals surface area contributed by atoms with Crippen molar-refractivity contribution in [3.05, 3.63) is 0 Å². The Kier molecular flexibility index (Phi) is 13.8. The molecule has 204 valence electrons. The minimum Gasteiger partial charge on any atom is -0.358 e. The Balaban J connectivity index is 1.54. The van der Waals surface area contributed by atoms with Crippen LogP contribution in [0.5, 0.6) is 0 Å². The number of rotatable bonds is 16. The van der Waals surface area contributed by atoms with Crippen molar-refractivity contribution in [3.8, 4) is 0 Å². The minimum absolute atomic E-state index is 0.0150. The Labute approximate surface area is 217 Å². The third-order valence-corrected chi connectivity index (χ3v) is 7.87. The highest BCUT2D eigenvalue weighted by Crippen LogP contribution is 2.32. The second-order valence-electron chi connectivity index (χ2n) is 9.39. The number of hydrogen-bond donors (Lipinski definition) is 5. The van der Waals surface area contributed by atoms with Crippen molar-refractivity contribution in [3.63, 3.8) is 0 Å². The van der Waals surface area contributed by atoms with Gasteiger partial charge in [0.15, 0.2) is 0 Å². The fraction of sp³-hybridized carbons (Fsp3) is 0.792. The third-order valence-electron chi connectivity index (χ3n) is 6.67. The van der Waals surface area contributed by atoms with E-state index in [1.54, 1.807) is 7.05 Å². The zero-order valence-corrected chi connectivity index (χ0v) is 22.1. The highest BCUT2D eigenvalue weighted by molar-refractivity contribution is 8.01. The maximum absolute atomic E-state index is 12.6. The highest BCUT2D eigenvalue weighted by atomic mass is 32.2. The van der Waals surface area contributed by atoms with E-state index in [2.05, 4.69) is 21.3 Å². The van der Waals surface area contributed by atoms with Crippen LogP contribution in [0.25, 0.3) is 0 Å². The van der Waals surface area contributed by atoms with Gasteiger partial charge in [-0.2, -0.15) is 0 Å². The molecule has 0 aromatic heterocycles. The molecule has 0 spiro atoms. The first kappa shape index (κ1) is 30.0. The number of nitrogens with two attached hydrogens (primary N) is 1. The van der Waals surface area contributed by atoms with Gasteiger partial charge in [-0.3, -0.25) is 28.9 Å².